The van der Waals surface area contributed by atoms with Gasteiger partial charge in [-0.2, -0.15) is 0 Å². The number of amides is 1. The number of nitrogens with one attached hydrogen (secondary N) is 1. The van der Waals surface area contributed by atoms with Gasteiger partial charge in [0.2, 0.25) is 5.91 Å². The van der Waals surface area contributed by atoms with E-state index in [2.05, 4.69) is 4.74 Å². The third-order valence-electron chi connectivity index (χ3n) is 1.25. The zero-order chi connectivity index (χ0) is 11.1. The molecule has 0 aliphatic carbocycles. The van der Waals surface area contributed by atoms with E-state index in [-0.39, 0.29) is 6.61 Å². The van der Waals surface area contributed by atoms with E-state index in [4.69, 9.17) is 5.73 Å². The first-order chi connectivity index (χ1) is 6.49. The van der Waals surface area contributed by atoms with Crippen molar-refractivity contribution in [2.75, 3.05) is 13.2 Å². The van der Waals surface area contributed by atoms with Crippen molar-refractivity contribution in [1.29, 1.82) is 0 Å². The highest BCUT2D eigenvalue weighted by Crippen LogP contribution is 1.90. The van der Waals surface area contributed by atoms with Gasteiger partial charge in [-0.1, -0.05) is 0 Å². The Hall–Kier alpha value is -1.24. The number of hydrogen-bond donors (Lipinski definition) is 2. The monoisotopic (exact) mass is 210 g/mol. The van der Waals surface area contributed by atoms with E-state index in [9.17, 15) is 18.4 Å². The number of carbonyl (C=O) groups is 2. The van der Waals surface area contributed by atoms with Crippen LogP contribution in [0.2, 0.25) is 0 Å². The van der Waals surface area contributed by atoms with E-state index in [1.807, 2.05) is 0 Å². The van der Waals surface area contributed by atoms with Gasteiger partial charge in [0.25, 0.3) is 6.43 Å². The molecule has 82 valence electrons. The highest BCUT2D eigenvalue weighted by molar-refractivity contribution is 6.01. The van der Waals surface area contributed by atoms with E-state index in [1.54, 1.807) is 12.2 Å². The fourth-order valence-electron chi connectivity index (χ4n) is 0.627. The number of rotatable bonds is 5. The van der Waals surface area contributed by atoms with Crippen molar-refractivity contribution in [2.45, 2.75) is 19.4 Å². The molecule has 0 aliphatic rings. The Balaban J connectivity index is 3.92. The number of halogens is 2. The molecule has 1 atom stereocenters. The van der Waals surface area contributed by atoms with Crippen molar-refractivity contribution in [3.63, 3.8) is 0 Å². The Kier molecular flexibility index (Phi) is 5.70. The molecule has 14 heavy (non-hydrogen) atoms. The van der Waals surface area contributed by atoms with Gasteiger partial charge in [-0.15, -0.1) is 0 Å². The van der Waals surface area contributed by atoms with Crippen LogP contribution in [0.1, 0.15) is 6.92 Å². The Labute approximate surface area is 79.6 Å². The third kappa shape index (κ3) is 4.70. The van der Waals surface area contributed by atoms with Gasteiger partial charge in [0.05, 0.1) is 13.2 Å². The van der Waals surface area contributed by atoms with E-state index >= 15 is 0 Å². The molecule has 0 radical (unpaired) electrons. The average molecular weight is 210 g/mol. The van der Waals surface area contributed by atoms with Gasteiger partial charge < -0.3 is 15.8 Å². The fraction of sp³-hybridized carbons (Fsp3) is 0.714. The van der Waals surface area contributed by atoms with Crippen LogP contribution >= 0.6 is 0 Å². The minimum absolute atomic E-state index is 0.0780. The molecule has 0 saturated carbocycles. The van der Waals surface area contributed by atoms with Gasteiger partial charge in [0, 0.05) is 0 Å². The van der Waals surface area contributed by atoms with Crippen LogP contribution in [-0.2, 0) is 14.3 Å². The summed E-state index contributed by atoms with van der Waals surface area (Å²) in [5.41, 5.74) is 5.10. The molecule has 0 aromatic rings. The zero-order valence-electron chi connectivity index (χ0n) is 7.63. The first-order valence-electron chi connectivity index (χ1n) is 3.97. The van der Waals surface area contributed by atoms with Crippen molar-refractivity contribution in [2.24, 2.45) is 5.73 Å². The summed E-state index contributed by atoms with van der Waals surface area (Å²) in [4.78, 5) is 21.7. The van der Waals surface area contributed by atoms with E-state index < -0.39 is 30.9 Å². The van der Waals surface area contributed by atoms with Gasteiger partial charge in [-0.3, -0.25) is 4.79 Å². The summed E-state index contributed by atoms with van der Waals surface area (Å²) in [7, 11) is 0. The molecule has 1 unspecified atom stereocenters. The lowest BCUT2D eigenvalue weighted by Gasteiger charge is -2.10. The lowest BCUT2D eigenvalue weighted by molar-refractivity contribution is -0.148. The highest BCUT2D eigenvalue weighted by atomic mass is 19.3. The molecule has 0 aromatic heterocycles. The number of ether oxygens (including phenoxy) is 1. The third-order valence-corrected chi connectivity index (χ3v) is 1.25. The molecule has 0 aromatic carbocycles. The van der Waals surface area contributed by atoms with Crippen LogP contribution in [0.25, 0.3) is 0 Å². The van der Waals surface area contributed by atoms with Gasteiger partial charge in [-0.05, 0) is 6.92 Å². The highest BCUT2D eigenvalue weighted by Gasteiger charge is 2.23. The second-order valence-corrected chi connectivity index (χ2v) is 2.37. The smallest absolute Gasteiger partial charge is 0.332 e. The summed E-state index contributed by atoms with van der Waals surface area (Å²) in [5, 5.41) is 1.81. The van der Waals surface area contributed by atoms with E-state index in [1.165, 1.54) is 0 Å². The predicted octanol–water partition coefficient (Wildman–Crippen LogP) is -0.742. The van der Waals surface area contributed by atoms with Gasteiger partial charge in [0.1, 0.15) is 0 Å². The Bertz CT molecular complexity index is 211. The van der Waals surface area contributed by atoms with Crippen molar-refractivity contribution in [1.82, 2.24) is 5.32 Å². The van der Waals surface area contributed by atoms with Crippen molar-refractivity contribution in [3.05, 3.63) is 0 Å². The first-order valence-corrected chi connectivity index (χ1v) is 3.97. The summed E-state index contributed by atoms with van der Waals surface area (Å²) < 4.78 is 27.7. The lowest BCUT2D eigenvalue weighted by Crippen LogP contribution is -2.47. The number of esters is 1. The molecule has 0 bridgehead atoms. The number of hydrogen-bond acceptors (Lipinski definition) is 4. The molecule has 0 fully saturated rings. The molecule has 0 aliphatic heterocycles. The largest absolute Gasteiger partial charge is 0.464 e. The topological polar surface area (TPSA) is 81.4 Å². The van der Waals surface area contributed by atoms with Crippen molar-refractivity contribution >= 4 is 11.9 Å². The summed E-state index contributed by atoms with van der Waals surface area (Å²) in [6.45, 7) is 0.794. The Morgan fingerprint density at radius 3 is 2.50 bits per heavy atom. The second kappa shape index (κ2) is 6.25. The standard InChI is InChI=1S/C7H12F2N2O3/c1-2-14-7(13)5(10)6(12)11-3-4(8)9/h4-5H,2-3,10H2,1H3,(H,11,12). The van der Waals surface area contributed by atoms with Crippen LogP contribution < -0.4 is 11.1 Å². The van der Waals surface area contributed by atoms with Gasteiger partial charge >= 0.3 is 5.97 Å². The molecular formula is C7H12F2N2O3. The molecule has 3 N–H and O–H groups in total. The summed E-state index contributed by atoms with van der Waals surface area (Å²) in [6.07, 6.45) is -2.67. The van der Waals surface area contributed by atoms with Crippen molar-refractivity contribution in [3.8, 4) is 0 Å². The maximum absolute atomic E-state index is 11.6. The average Bonchev–Trinajstić information content (AvgIpc) is 2.13. The maximum Gasteiger partial charge on any atom is 0.332 e. The van der Waals surface area contributed by atoms with Crippen LogP contribution in [0.5, 0.6) is 0 Å². The van der Waals surface area contributed by atoms with Gasteiger partial charge in [-0.25, -0.2) is 13.6 Å². The molecule has 5 nitrogen and oxygen atoms in total. The van der Waals surface area contributed by atoms with Crippen molar-refractivity contribution < 1.29 is 23.1 Å². The van der Waals surface area contributed by atoms with Crippen LogP contribution in [0.4, 0.5) is 8.78 Å². The minimum Gasteiger partial charge on any atom is -0.464 e. The van der Waals surface area contributed by atoms with Crippen LogP contribution in [0.15, 0.2) is 0 Å². The summed E-state index contributed by atoms with van der Waals surface area (Å²) >= 11 is 0. The normalized spacial score (nSPS) is 12.4. The summed E-state index contributed by atoms with van der Waals surface area (Å²) in [5.74, 6) is -1.90. The summed E-state index contributed by atoms with van der Waals surface area (Å²) in [6, 6.07) is -1.55. The number of nitrogens with two attached hydrogens (primary N) is 1. The molecule has 0 rings (SSSR count). The molecular weight excluding hydrogens is 198 g/mol. The molecule has 7 heteroatoms. The molecule has 0 heterocycles. The van der Waals surface area contributed by atoms with Crippen LogP contribution in [-0.4, -0.2) is 37.5 Å². The number of alkyl halides is 2. The zero-order valence-corrected chi connectivity index (χ0v) is 7.63. The molecule has 1 amide bonds. The first kappa shape index (κ1) is 12.8. The minimum atomic E-state index is -2.67. The lowest BCUT2D eigenvalue weighted by atomic mass is 10.3. The Morgan fingerprint density at radius 2 is 2.07 bits per heavy atom. The Morgan fingerprint density at radius 1 is 1.50 bits per heavy atom. The van der Waals surface area contributed by atoms with Crippen LogP contribution in [0, 0.1) is 0 Å². The van der Waals surface area contributed by atoms with E-state index in [0.717, 1.165) is 0 Å². The van der Waals surface area contributed by atoms with Gasteiger partial charge in [0.15, 0.2) is 6.04 Å². The quantitative estimate of drug-likeness (QED) is 0.462. The predicted molar refractivity (Wildman–Crippen MR) is 43.6 cm³/mol. The maximum atomic E-state index is 11.6. The number of carbonyl (C=O) groups excluding carboxylic acids is 2. The molecule has 0 saturated heterocycles. The van der Waals surface area contributed by atoms with E-state index in [0.29, 0.717) is 0 Å². The van der Waals surface area contributed by atoms with Crippen LogP contribution in [0.3, 0.4) is 0 Å². The molecule has 0 spiro atoms. The SMILES string of the molecule is CCOC(=O)C(N)C(=O)NCC(F)F. The fourth-order valence-corrected chi connectivity index (χ4v) is 0.627. The second-order valence-electron chi connectivity index (χ2n) is 2.37.